The summed E-state index contributed by atoms with van der Waals surface area (Å²) in [5.74, 6) is 0.668. The Kier molecular flexibility index (Phi) is 1.39. The van der Waals surface area contributed by atoms with Gasteiger partial charge in [0.2, 0.25) is 0 Å². The molecule has 12 heavy (non-hydrogen) atoms. The number of aliphatic imine (C=N–C) groups is 1. The summed E-state index contributed by atoms with van der Waals surface area (Å²) in [7, 11) is 1.74. The van der Waals surface area contributed by atoms with E-state index in [1.807, 2.05) is 0 Å². The van der Waals surface area contributed by atoms with Gasteiger partial charge in [-0.3, -0.25) is 5.32 Å². The number of nitrogens with one attached hydrogen (secondary N) is 4. The fourth-order valence-corrected chi connectivity index (χ4v) is 1.19. The van der Waals surface area contributed by atoms with Crippen molar-refractivity contribution in [2.45, 2.75) is 6.17 Å². The van der Waals surface area contributed by atoms with E-state index in [1.165, 1.54) is 0 Å². The molecule has 1 unspecified atom stereocenters. The second-order valence-electron chi connectivity index (χ2n) is 2.46. The minimum absolute atomic E-state index is 0.242. The molecule has 2 rings (SSSR count). The third-order valence-corrected chi connectivity index (χ3v) is 1.74. The quantitative estimate of drug-likeness (QED) is 0.390. The number of rotatable bonds is 1. The summed E-state index contributed by atoms with van der Waals surface area (Å²) < 4.78 is 0. The van der Waals surface area contributed by atoms with Crippen molar-refractivity contribution in [2.24, 2.45) is 4.99 Å². The zero-order chi connectivity index (χ0) is 8.55. The van der Waals surface area contributed by atoms with Gasteiger partial charge in [-0.15, -0.1) is 0 Å². The van der Waals surface area contributed by atoms with Crippen LogP contribution >= 0.6 is 0 Å². The van der Waals surface area contributed by atoms with Gasteiger partial charge in [-0.2, -0.15) is 0 Å². The predicted octanol–water partition coefficient (Wildman–Crippen LogP) is -1.35. The maximum Gasteiger partial charge on any atom is 0.322 e. The molecule has 0 aromatic rings. The van der Waals surface area contributed by atoms with Crippen LogP contribution in [0.15, 0.2) is 16.5 Å². The van der Waals surface area contributed by atoms with Crippen molar-refractivity contribution in [1.82, 2.24) is 21.3 Å². The lowest BCUT2D eigenvalue weighted by molar-refractivity contribution is 0.238. The molecule has 6 heteroatoms. The van der Waals surface area contributed by atoms with E-state index in [0.29, 0.717) is 5.82 Å². The number of amides is 2. The normalized spacial score (nSPS) is 25.8. The van der Waals surface area contributed by atoms with Crippen molar-refractivity contribution in [3.63, 3.8) is 0 Å². The molecule has 0 saturated carbocycles. The lowest BCUT2D eigenvalue weighted by Gasteiger charge is -2.23. The smallest absolute Gasteiger partial charge is 0.322 e. The largest absolute Gasteiger partial charge is 0.373 e. The molecular formula is C6H9N5O. The lowest BCUT2D eigenvalue weighted by Crippen LogP contribution is -2.50. The molecule has 0 spiro atoms. The van der Waals surface area contributed by atoms with E-state index in [-0.39, 0.29) is 12.2 Å². The molecule has 0 fully saturated rings. The van der Waals surface area contributed by atoms with Crippen LogP contribution in [0.5, 0.6) is 0 Å². The Labute approximate surface area is 69.1 Å². The average molecular weight is 167 g/mol. The Morgan fingerprint density at radius 3 is 3.25 bits per heavy atom. The molecule has 64 valence electrons. The summed E-state index contributed by atoms with van der Waals surface area (Å²) in [6, 6.07) is -0.242. The van der Waals surface area contributed by atoms with Crippen LogP contribution in [0, 0.1) is 0 Å². The van der Waals surface area contributed by atoms with Crippen molar-refractivity contribution >= 4 is 12.4 Å². The first kappa shape index (κ1) is 6.96. The van der Waals surface area contributed by atoms with Crippen molar-refractivity contribution in [2.75, 3.05) is 7.05 Å². The summed E-state index contributed by atoms with van der Waals surface area (Å²) in [6.45, 7) is 0. The molecular weight excluding hydrogens is 158 g/mol. The van der Waals surface area contributed by atoms with Gasteiger partial charge in [0.05, 0.1) is 6.34 Å². The standard InChI is InChI=1S/C6H9N5O/c1-7-4-3-5(9-2-8-3)11-6(12)10-4/h2,5,7H,1H3,(H,8,9)(H2,10,11,12). The maximum absolute atomic E-state index is 11.0. The molecule has 6 nitrogen and oxygen atoms in total. The summed E-state index contributed by atoms with van der Waals surface area (Å²) in [6.07, 6.45) is 1.30. The third kappa shape index (κ3) is 0.884. The van der Waals surface area contributed by atoms with Gasteiger partial charge in [-0.05, 0) is 0 Å². The molecule has 0 aromatic heterocycles. The van der Waals surface area contributed by atoms with Crippen LogP contribution in [0.25, 0.3) is 0 Å². The van der Waals surface area contributed by atoms with Crippen molar-refractivity contribution in [3.05, 3.63) is 11.5 Å². The molecule has 1 atom stereocenters. The highest BCUT2D eigenvalue weighted by molar-refractivity contribution is 5.80. The van der Waals surface area contributed by atoms with E-state index in [4.69, 9.17) is 0 Å². The molecule has 4 N–H and O–H groups in total. The van der Waals surface area contributed by atoms with Gasteiger partial charge in [-0.1, -0.05) is 0 Å². The maximum atomic E-state index is 11.0. The van der Waals surface area contributed by atoms with Gasteiger partial charge < -0.3 is 16.0 Å². The zero-order valence-electron chi connectivity index (χ0n) is 6.51. The first-order valence-electron chi connectivity index (χ1n) is 3.59. The Hall–Kier alpha value is -1.72. The molecule has 0 radical (unpaired) electrons. The molecule has 0 aromatic carbocycles. The van der Waals surface area contributed by atoms with Gasteiger partial charge in [0.1, 0.15) is 11.5 Å². The molecule has 0 bridgehead atoms. The van der Waals surface area contributed by atoms with Gasteiger partial charge in [0.25, 0.3) is 0 Å². The highest BCUT2D eigenvalue weighted by Crippen LogP contribution is 2.10. The predicted molar refractivity (Wildman–Crippen MR) is 43.2 cm³/mol. The van der Waals surface area contributed by atoms with E-state index < -0.39 is 0 Å². The van der Waals surface area contributed by atoms with Crippen molar-refractivity contribution in [3.8, 4) is 0 Å². The van der Waals surface area contributed by atoms with E-state index in [9.17, 15) is 4.79 Å². The first-order valence-corrected chi connectivity index (χ1v) is 3.59. The summed E-state index contributed by atoms with van der Waals surface area (Å²) in [5, 5.41) is 11.0. The second kappa shape index (κ2) is 2.40. The van der Waals surface area contributed by atoms with Crippen LogP contribution in [0.1, 0.15) is 0 Å². The van der Waals surface area contributed by atoms with Gasteiger partial charge in [-0.25, -0.2) is 9.79 Å². The fourth-order valence-electron chi connectivity index (χ4n) is 1.19. The highest BCUT2D eigenvalue weighted by atomic mass is 16.2. The number of fused-ring (bicyclic) bond motifs is 1. The minimum atomic E-state index is -0.263. The molecule has 2 aliphatic heterocycles. The Morgan fingerprint density at radius 1 is 1.67 bits per heavy atom. The number of carbonyl (C=O) groups is 1. The van der Waals surface area contributed by atoms with Crippen LogP contribution in [0.3, 0.4) is 0 Å². The molecule has 2 amide bonds. The fraction of sp³-hybridized carbons (Fsp3) is 0.333. The number of carbonyl (C=O) groups excluding carboxylic acids is 1. The summed E-state index contributed by atoms with van der Waals surface area (Å²) in [4.78, 5) is 15.0. The van der Waals surface area contributed by atoms with Gasteiger partial charge in [0.15, 0.2) is 6.17 Å². The van der Waals surface area contributed by atoms with E-state index in [0.717, 1.165) is 5.70 Å². The molecule has 2 heterocycles. The minimum Gasteiger partial charge on any atom is -0.373 e. The van der Waals surface area contributed by atoms with Crippen LogP contribution < -0.4 is 21.3 Å². The highest BCUT2D eigenvalue weighted by Gasteiger charge is 2.27. The van der Waals surface area contributed by atoms with Gasteiger partial charge in [0, 0.05) is 7.05 Å². The molecule has 2 aliphatic rings. The van der Waals surface area contributed by atoms with E-state index in [1.54, 1.807) is 13.4 Å². The van der Waals surface area contributed by atoms with Crippen molar-refractivity contribution < 1.29 is 4.79 Å². The second-order valence-corrected chi connectivity index (χ2v) is 2.46. The number of hydrogen-bond acceptors (Lipinski definition) is 4. The van der Waals surface area contributed by atoms with E-state index >= 15 is 0 Å². The van der Waals surface area contributed by atoms with Crippen LogP contribution in [-0.2, 0) is 0 Å². The van der Waals surface area contributed by atoms with Crippen molar-refractivity contribution in [1.29, 1.82) is 0 Å². The lowest BCUT2D eigenvalue weighted by atomic mass is 10.3. The number of urea groups is 1. The Balaban J connectivity index is 2.32. The first-order chi connectivity index (χ1) is 5.81. The summed E-state index contributed by atoms with van der Waals surface area (Å²) >= 11 is 0. The Bertz CT molecular complexity index is 282. The third-order valence-electron chi connectivity index (χ3n) is 1.74. The van der Waals surface area contributed by atoms with E-state index in [2.05, 4.69) is 26.3 Å². The molecule has 0 aliphatic carbocycles. The SMILES string of the molecule is CNC1=C2NC=NC2NC(=O)N1. The van der Waals surface area contributed by atoms with Gasteiger partial charge >= 0.3 is 6.03 Å². The zero-order valence-corrected chi connectivity index (χ0v) is 6.51. The number of nitrogens with zero attached hydrogens (tertiary/aromatic N) is 1. The summed E-state index contributed by atoms with van der Waals surface area (Å²) in [5.41, 5.74) is 0.845. The number of hydrogen-bond donors (Lipinski definition) is 4. The van der Waals surface area contributed by atoms with Crippen LogP contribution in [0.4, 0.5) is 4.79 Å². The van der Waals surface area contributed by atoms with Crippen LogP contribution in [0.2, 0.25) is 0 Å². The monoisotopic (exact) mass is 167 g/mol. The Morgan fingerprint density at radius 2 is 2.50 bits per heavy atom. The topological polar surface area (TPSA) is 77.6 Å². The van der Waals surface area contributed by atoms with Crippen LogP contribution in [-0.4, -0.2) is 25.6 Å². The molecule has 0 saturated heterocycles. The average Bonchev–Trinajstić information content (AvgIpc) is 2.50.